The molecule has 0 saturated heterocycles. The third-order valence-corrected chi connectivity index (χ3v) is 3.45. The maximum absolute atomic E-state index is 12.0. The van der Waals surface area contributed by atoms with Gasteiger partial charge in [-0.15, -0.1) is 0 Å². The van der Waals surface area contributed by atoms with Gasteiger partial charge in [0.1, 0.15) is 5.76 Å². The molecule has 0 bridgehead atoms. The van der Waals surface area contributed by atoms with Crippen molar-refractivity contribution >= 4 is 5.91 Å². The summed E-state index contributed by atoms with van der Waals surface area (Å²) in [6, 6.07) is 5.72. The van der Waals surface area contributed by atoms with Crippen LogP contribution in [0.1, 0.15) is 42.0 Å². The second-order valence-electron chi connectivity index (χ2n) is 4.92. The van der Waals surface area contributed by atoms with Crippen LogP contribution in [0, 0.1) is 0 Å². The predicted molar refractivity (Wildman–Crippen MR) is 69.8 cm³/mol. The van der Waals surface area contributed by atoms with Crippen LogP contribution in [0.4, 0.5) is 0 Å². The molecule has 1 fully saturated rings. The lowest BCUT2D eigenvalue weighted by Crippen LogP contribution is -2.32. The molecule has 5 heteroatoms. The van der Waals surface area contributed by atoms with E-state index >= 15 is 0 Å². The Bertz CT molecular complexity index is 539. The van der Waals surface area contributed by atoms with Crippen molar-refractivity contribution in [1.82, 2.24) is 15.1 Å². The molecule has 0 radical (unpaired) electrons. The van der Waals surface area contributed by atoms with Gasteiger partial charge in [-0.25, -0.2) is 0 Å². The number of amides is 1. The molecular weight excluding hydrogens is 242 g/mol. The van der Waals surface area contributed by atoms with Crippen LogP contribution < -0.4 is 5.32 Å². The van der Waals surface area contributed by atoms with Gasteiger partial charge >= 0.3 is 0 Å². The zero-order chi connectivity index (χ0) is 13.1. The Kier molecular flexibility index (Phi) is 3.35. The summed E-state index contributed by atoms with van der Waals surface area (Å²) in [4.78, 5) is 12.0. The Morgan fingerprint density at radius 2 is 2.26 bits per heavy atom. The van der Waals surface area contributed by atoms with Crippen LogP contribution >= 0.6 is 0 Å². The first-order valence-electron chi connectivity index (χ1n) is 6.68. The van der Waals surface area contributed by atoms with E-state index in [2.05, 4.69) is 10.4 Å². The summed E-state index contributed by atoms with van der Waals surface area (Å²) >= 11 is 0. The van der Waals surface area contributed by atoms with Gasteiger partial charge in [-0.1, -0.05) is 12.8 Å². The van der Waals surface area contributed by atoms with E-state index in [1.807, 2.05) is 18.3 Å². The van der Waals surface area contributed by atoms with Gasteiger partial charge in [0.2, 0.25) is 0 Å². The van der Waals surface area contributed by atoms with E-state index in [0.29, 0.717) is 18.3 Å². The van der Waals surface area contributed by atoms with Gasteiger partial charge in [-0.2, -0.15) is 5.10 Å². The highest BCUT2D eigenvalue weighted by Crippen LogP contribution is 2.18. The minimum absolute atomic E-state index is 0.112. The maximum atomic E-state index is 12.0. The SMILES string of the molecule is O=C(NC1CCCC1)c1ccc(Cn2cccn2)o1. The fourth-order valence-electron chi connectivity index (χ4n) is 2.47. The summed E-state index contributed by atoms with van der Waals surface area (Å²) in [5, 5.41) is 7.12. The summed E-state index contributed by atoms with van der Waals surface area (Å²) in [5.41, 5.74) is 0. The van der Waals surface area contributed by atoms with Gasteiger partial charge in [0, 0.05) is 18.4 Å². The lowest BCUT2D eigenvalue weighted by molar-refractivity contribution is 0.0907. The molecule has 0 aromatic carbocycles. The van der Waals surface area contributed by atoms with Crippen molar-refractivity contribution in [2.45, 2.75) is 38.3 Å². The largest absolute Gasteiger partial charge is 0.454 e. The number of rotatable bonds is 4. The number of furan rings is 1. The first-order valence-corrected chi connectivity index (χ1v) is 6.68. The average molecular weight is 259 g/mol. The van der Waals surface area contributed by atoms with Gasteiger partial charge < -0.3 is 9.73 Å². The Balaban J connectivity index is 1.62. The highest BCUT2D eigenvalue weighted by Gasteiger charge is 2.19. The first kappa shape index (κ1) is 12.0. The van der Waals surface area contributed by atoms with E-state index in [0.717, 1.165) is 18.6 Å². The molecule has 0 spiro atoms. The third kappa shape index (κ3) is 2.86. The Morgan fingerprint density at radius 3 is 3.00 bits per heavy atom. The zero-order valence-corrected chi connectivity index (χ0v) is 10.7. The van der Waals surface area contributed by atoms with E-state index in [-0.39, 0.29) is 5.91 Å². The molecule has 19 heavy (non-hydrogen) atoms. The molecule has 1 aliphatic carbocycles. The lowest BCUT2D eigenvalue weighted by Gasteiger charge is -2.09. The molecule has 100 valence electrons. The molecule has 1 aliphatic rings. The fourth-order valence-corrected chi connectivity index (χ4v) is 2.47. The molecular formula is C14H17N3O2. The lowest BCUT2D eigenvalue weighted by atomic mass is 10.2. The van der Waals surface area contributed by atoms with Crippen LogP contribution in [0.2, 0.25) is 0 Å². The smallest absolute Gasteiger partial charge is 0.287 e. The van der Waals surface area contributed by atoms with Gasteiger partial charge in [0.15, 0.2) is 5.76 Å². The topological polar surface area (TPSA) is 60.1 Å². The predicted octanol–water partition coefficient (Wildman–Crippen LogP) is 2.20. The second-order valence-corrected chi connectivity index (χ2v) is 4.92. The molecule has 0 atom stereocenters. The number of hydrogen-bond donors (Lipinski definition) is 1. The number of carbonyl (C=O) groups is 1. The van der Waals surface area contributed by atoms with E-state index in [1.54, 1.807) is 16.9 Å². The van der Waals surface area contributed by atoms with Crippen LogP contribution in [0.5, 0.6) is 0 Å². The van der Waals surface area contributed by atoms with Crippen LogP contribution in [-0.2, 0) is 6.54 Å². The molecule has 3 rings (SSSR count). The second kappa shape index (κ2) is 5.30. The minimum atomic E-state index is -0.112. The summed E-state index contributed by atoms with van der Waals surface area (Å²) in [5.74, 6) is 1.01. The van der Waals surface area contributed by atoms with E-state index in [4.69, 9.17) is 4.42 Å². The maximum Gasteiger partial charge on any atom is 0.287 e. The Labute approximate surface area is 111 Å². The molecule has 1 N–H and O–H groups in total. The van der Waals surface area contributed by atoms with Crippen molar-refractivity contribution < 1.29 is 9.21 Å². The minimum Gasteiger partial charge on any atom is -0.454 e. The normalized spacial score (nSPS) is 15.8. The molecule has 5 nitrogen and oxygen atoms in total. The number of nitrogens with zero attached hydrogens (tertiary/aromatic N) is 2. The summed E-state index contributed by atoms with van der Waals surface area (Å²) in [6.45, 7) is 0.545. The molecule has 0 unspecified atom stereocenters. The van der Waals surface area contributed by atoms with Crippen molar-refractivity contribution in [2.24, 2.45) is 0 Å². The Hall–Kier alpha value is -2.04. The summed E-state index contributed by atoms with van der Waals surface area (Å²) in [6.07, 6.45) is 8.14. The highest BCUT2D eigenvalue weighted by molar-refractivity contribution is 5.91. The molecule has 0 aliphatic heterocycles. The fraction of sp³-hybridized carbons (Fsp3) is 0.429. The van der Waals surface area contributed by atoms with Crippen molar-refractivity contribution in [3.63, 3.8) is 0 Å². The first-order chi connectivity index (χ1) is 9.31. The molecule has 1 saturated carbocycles. The van der Waals surface area contributed by atoms with Crippen LogP contribution in [0.3, 0.4) is 0 Å². The van der Waals surface area contributed by atoms with Gasteiger partial charge in [-0.05, 0) is 31.0 Å². The van der Waals surface area contributed by atoms with Crippen molar-refractivity contribution in [3.8, 4) is 0 Å². The number of carbonyl (C=O) groups excluding carboxylic acids is 1. The summed E-state index contributed by atoms with van der Waals surface area (Å²) < 4.78 is 7.32. The monoisotopic (exact) mass is 259 g/mol. The van der Waals surface area contributed by atoms with E-state index in [9.17, 15) is 4.79 Å². The highest BCUT2D eigenvalue weighted by atomic mass is 16.4. The van der Waals surface area contributed by atoms with Crippen LogP contribution in [0.15, 0.2) is 35.0 Å². The van der Waals surface area contributed by atoms with Crippen LogP contribution in [0.25, 0.3) is 0 Å². The molecule has 2 aromatic rings. The van der Waals surface area contributed by atoms with Crippen molar-refractivity contribution in [3.05, 3.63) is 42.1 Å². The van der Waals surface area contributed by atoms with Crippen LogP contribution in [-0.4, -0.2) is 21.7 Å². The third-order valence-electron chi connectivity index (χ3n) is 3.45. The van der Waals surface area contributed by atoms with E-state index in [1.165, 1.54) is 12.8 Å². The standard InChI is InChI=1S/C14H17N3O2/c18-14(16-11-4-1-2-5-11)13-7-6-12(19-13)10-17-9-3-8-15-17/h3,6-9,11H,1-2,4-5,10H2,(H,16,18). The summed E-state index contributed by atoms with van der Waals surface area (Å²) in [7, 11) is 0. The number of nitrogens with one attached hydrogen (secondary N) is 1. The van der Waals surface area contributed by atoms with E-state index < -0.39 is 0 Å². The quantitative estimate of drug-likeness (QED) is 0.915. The molecule has 2 aromatic heterocycles. The zero-order valence-electron chi connectivity index (χ0n) is 10.7. The Morgan fingerprint density at radius 1 is 1.42 bits per heavy atom. The van der Waals surface area contributed by atoms with Gasteiger partial charge in [0.05, 0.1) is 6.54 Å². The average Bonchev–Trinajstić information content (AvgIpc) is 3.10. The van der Waals surface area contributed by atoms with Gasteiger partial charge in [0.25, 0.3) is 5.91 Å². The molecule has 1 amide bonds. The van der Waals surface area contributed by atoms with Crippen molar-refractivity contribution in [2.75, 3.05) is 0 Å². The number of aromatic nitrogens is 2. The van der Waals surface area contributed by atoms with Gasteiger partial charge in [-0.3, -0.25) is 9.48 Å². The van der Waals surface area contributed by atoms with Crippen molar-refractivity contribution in [1.29, 1.82) is 0 Å². The molecule has 2 heterocycles. The number of hydrogen-bond acceptors (Lipinski definition) is 3.